The van der Waals surface area contributed by atoms with E-state index in [1.165, 1.54) is 0 Å². The highest BCUT2D eigenvalue weighted by molar-refractivity contribution is 5.76. The summed E-state index contributed by atoms with van der Waals surface area (Å²) in [6.07, 6.45) is 0.601. The van der Waals surface area contributed by atoms with Gasteiger partial charge in [-0.25, -0.2) is 0 Å². The van der Waals surface area contributed by atoms with Crippen molar-refractivity contribution in [3.8, 4) is 0 Å². The smallest absolute Gasteiger partial charge is 0.223 e. The maximum atomic E-state index is 12.0. The molecule has 2 heterocycles. The van der Waals surface area contributed by atoms with Crippen molar-refractivity contribution in [2.75, 3.05) is 39.4 Å². The second-order valence-corrected chi connectivity index (χ2v) is 5.20. The molecule has 1 unspecified atom stereocenters. The number of carbonyl (C=O) groups excluding carboxylic acids is 1. The van der Waals surface area contributed by atoms with Crippen LogP contribution in [0.4, 0.5) is 0 Å². The lowest BCUT2D eigenvalue weighted by molar-refractivity contribution is -0.271. The van der Waals surface area contributed by atoms with E-state index in [0.717, 1.165) is 6.54 Å². The monoisotopic (exact) mass is 242 g/mol. The van der Waals surface area contributed by atoms with Crippen LogP contribution in [0.5, 0.6) is 0 Å². The topological polar surface area (TPSA) is 50.8 Å². The number of hydrogen-bond acceptors (Lipinski definition) is 4. The van der Waals surface area contributed by atoms with Crippen molar-refractivity contribution in [1.29, 1.82) is 0 Å². The molecule has 1 atom stereocenters. The van der Waals surface area contributed by atoms with Crippen molar-refractivity contribution < 1.29 is 14.3 Å². The van der Waals surface area contributed by atoms with Gasteiger partial charge in [0.05, 0.1) is 26.3 Å². The van der Waals surface area contributed by atoms with Gasteiger partial charge in [-0.15, -0.1) is 0 Å². The normalized spacial score (nSPS) is 29.9. The molecule has 5 heteroatoms. The summed E-state index contributed by atoms with van der Waals surface area (Å²) >= 11 is 0. The van der Waals surface area contributed by atoms with Crippen molar-refractivity contribution in [3.05, 3.63) is 0 Å². The summed E-state index contributed by atoms with van der Waals surface area (Å²) in [5, 5.41) is 3.26. The molecule has 0 bridgehead atoms. The summed E-state index contributed by atoms with van der Waals surface area (Å²) in [4.78, 5) is 13.9. The highest BCUT2D eigenvalue weighted by Crippen LogP contribution is 2.22. The first-order valence-electron chi connectivity index (χ1n) is 6.38. The maximum absolute atomic E-state index is 12.0. The molecule has 1 N–H and O–H groups in total. The minimum atomic E-state index is -0.608. The Morgan fingerprint density at radius 2 is 2.18 bits per heavy atom. The Bertz CT molecular complexity index is 269. The molecule has 2 fully saturated rings. The summed E-state index contributed by atoms with van der Waals surface area (Å²) in [6, 6.07) is 0. The van der Waals surface area contributed by atoms with E-state index in [4.69, 9.17) is 9.47 Å². The van der Waals surface area contributed by atoms with E-state index in [2.05, 4.69) is 19.2 Å². The van der Waals surface area contributed by atoms with E-state index >= 15 is 0 Å². The Hall–Kier alpha value is -0.650. The van der Waals surface area contributed by atoms with Crippen LogP contribution >= 0.6 is 0 Å². The molecule has 0 radical (unpaired) electrons. The number of nitrogens with one attached hydrogen (secondary N) is 1. The number of carbonyl (C=O) groups is 1. The average Bonchev–Trinajstić information content (AvgIpc) is 2.29. The number of nitrogens with zero attached hydrogens (tertiary/aromatic N) is 1. The van der Waals surface area contributed by atoms with Crippen LogP contribution in [0.25, 0.3) is 0 Å². The minimum Gasteiger partial charge on any atom is -0.346 e. The standard InChI is InChI=1S/C12H22N2O3/c1-10(2)7-11(15)14-4-6-17-12(9-14)8-13-3-5-16-12/h10,13H,3-9H2,1-2H3. The van der Waals surface area contributed by atoms with Gasteiger partial charge < -0.3 is 19.7 Å². The van der Waals surface area contributed by atoms with Gasteiger partial charge in [-0.05, 0) is 5.92 Å². The molecule has 98 valence electrons. The quantitative estimate of drug-likeness (QED) is 0.752. The average molecular weight is 242 g/mol. The summed E-state index contributed by atoms with van der Waals surface area (Å²) in [7, 11) is 0. The van der Waals surface area contributed by atoms with Crippen LogP contribution in [-0.4, -0.2) is 56.0 Å². The zero-order chi connectivity index (χ0) is 12.3. The zero-order valence-corrected chi connectivity index (χ0v) is 10.7. The van der Waals surface area contributed by atoms with E-state index in [1.807, 2.05) is 4.90 Å². The Labute approximate surface area is 102 Å². The molecule has 1 spiro atoms. The first-order valence-corrected chi connectivity index (χ1v) is 6.38. The molecule has 5 nitrogen and oxygen atoms in total. The molecule has 0 aliphatic carbocycles. The Morgan fingerprint density at radius 1 is 1.41 bits per heavy atom. The zero-order valence-electron chi connectivity index (χ0n) is 10.7. The number of amides is 1. The predicted molar refractivity (Wildman–Crippen MR) is 63.5 cm³/mol. The summed E-state index contributed by atoms with van der Waals surface area (Å²) in [5.41, 5.74) is 0. The second-order valence-electron chi connectivity index (χ2n) is 5.20. The van der Waals surface area contributed by atoms with Crippen LogP contribution in [0.15, 0.2) is 0 Å². The van der Waals surface area contributed by atoms with E-state index < -0.39 is 5.79 Å². The lowest BCUT2D eigenvalue weighted by Gasteiger charge is -2.44. The fourth-order valence-corrected chi connectivity index (χ4v) is 2.28. The van der Waals surface area contributed by atoms with Crippen LogP contribution in [0.3, 0.4) is 0 Å². The van der Waals surface area contributed by atoms with Gasteiger partial charge in [0.15, 0.2) is 5.79 Å². The third kappa shape index (κ3) is 3.18. The first kappa shape index (κ1) is 12.8. The lowest BCUT2D eigenvalue weighted by Crippen LogP contribution is -2.62. The van der Waals surface area contributed by atoms with Gasteiger partial charge in [-0.1, -0.05) is 13.8 Å². The van der Waals surface area contributed by atoms with Crippen molar-refractivity contribution in [2.24, 2.45) is 5.92 Å². The Balaban J connectivity index is 1.94. The number of ether oxygens (including phenoxy) is 2. The Morgan fingerprint density at radius 3 is 2.82 bits per heavy atom. The molecule has 2 aliphatic heterocycles. The van der Waals surface area contributed by atoms with Gasteiger partial charge in [0.2, 0.25) is 5.91 Å². The fraction of sp³-hybridized carbons (Fsp3) is 0.917. The summed E-state index contributed by atoms with van der Waals surface area (Å²) in [6.45, 7) is 8.07. The van der Waals surface area contributed by atoms with Crippen LogP contribution in [-0.2, 0) is 14.3 Å². The number of rotatable bonds is 2. The van der Waals surface area contributed by atoms with Gasteiger partial charge >= 0.3 is 0 Å². The summed E-state index contributed by atoms with van der Waals surface area (Å²) < 4.78 is 11.4. The molecule has 2 saturated heterocycles. The lowest BCUT2D eigenvalue weighted by atomic mass is 10.1. The van der Waals surface area contributed by atoms with E-state index in [1.54, 1.807) is 0 Å². The molecule has 1 amide bonds. The van der Waals surface area contributed by atoms with Gasteiger partial charge in [-0.3, -0.25) is 4.79 Å². The molecular formula is C12H22N2O3. The first-order chi connectivity index (χ1) is 8.11. The van der Waals surface area contributed by atoms with E-state index in [0.29, 0.717) is 45.2 Å². The van der Waals surface area contributed by atoms with Gasteiger partial charge in [-0.2, -0.15) is 0 Å². The van der Waals surface area contributed by atoms with E-state index in [9.17, 15) is 4.79 Å². The van der Waals surface area contributed by atoms with Crippen LogP contribution < -0.4 is 5.32 Å². The second kappa shape index (κ2) is 5.33. The van der Waals surface area contributed by atoms with Crippen molar-refractivity contribution in [2.45, 2.75) is 26.1 Å². The minimum absolute atomic E-state index is 0.205. The van der Waals surface area contributed by atoms with Crippen molar-refractivity contribution >= 4 is 5.91 Å². The molecule has 17 heavy (non-hydrogen) atoms. The molecule has 0 saturated carbocycles. The largest absolute Gasteiger partial charge is 0.346 e. The highest BCUT2D eigenvalue weighted by Gasteiger charge is 2.40. The summed E-state index contributed by atoms with van der Waals surface area (Å²) in [5.74, 6) is -0.00749. The molecule has 0 aromatic heterocycles. The molecule has 2 aliphatic rings. The molecule has 0 aromatic carbocycles. The van der Waals surface area contributed by atoms with E-state index in [-0.39, 0.29) is 5.91 Å². The van der Waals surface area contributed by atoms with Gasteiger partial charge in [0.25, 0.3) is 0 Å². The van der Waals surface area contributed by atoms with Crippen LogP contribution in [0, 0.1) is 5.92 Å². The molecule has 0 aromatic rings. The number of hydrogen-bond donors (Lipinski definition) is 1. The third-order valence-corrected chi connectivity index (χ3v) is 3.13. The maximum Gasteiger partial charge on any atom is 0.223 e. The van der Waals surface area contributed by atoms with Crippen molar-refractivity contribution in [1.82, 2.24) is 10.2 Å². The van der Waals surface area contributed by atoms with Gasteiger partial charge in [0.1, 0.15) is 0 Å². The molecular weight excluding hydrogens is 220 g/mol. The van der Waals surface area contributed by atoms with Crippen LogP contribution in [0.2, 0.25) is 0 Å². The fourth-order valence-electron chi connectivity index (χ4n) is 2.28. The highest BCUT2D eigenvalue weighted by atomic mass is 16.7. The van der Waals surface area contributed by atoms with Crippen molar-refractivity contribution in [3.63, 3.8) is 0 Å². The SMILES string of the molecule is CC(C)CC(=O)N1CCOC2(CNCCO2)C1. The van der Waals surface area contributed by atoms with Crippen LogP contribution in [0.1, 0.15) is 20.3 Å². The number of morpholine rings is 2. The van der Waals surface area contributed by atoms with Gasteiger partial charge in [0, 0.05) is 19.5 Å². The molecule has 2 rings (SSSR count). The predicted octanol–water partition coefficient (Wildman–Crippen LogP) is 0.207. The third-order valence-electron chi connectivity index (χ3n) is 3.13. The Kier molecular flexibility index (Phi) is 4.01.